The molecule has 1 fully saturated rings. The van der Waals surface area contributed by atoms with Crippen molar-refractivity contribution >= 4 is 12.2 Å². The first-order valence-corrected chi connectivity index (χ1v) is 6.92. The van der Waals surface area contributed by atoms with Crippen molar-refractivity contribution in [2.24, 2.45) is 0 Å². The molecule has 1 N–H and O–H groups in total. The maximum absolute atomic E-state index is 12.3. The van der Waals surface area contributed by atoms with Crippen LogP contribution in [0.5, 0.6) is 5.75 Å². The number of methoxy groups -OCH3 is 1. The molecule has 1 aliphatic rings. The molecule has 21 heavy (non-hydrogen) atoms. The number of carbonyl (C=O) groups excluding carboxylic acids is 1. The molecule has 2 rings (SSSR count). The molecular weight excluding hydrogens is 274 g/mol. The third-order valence-electron chi connectivity index (χ3n) is 4.05. The van der Waals surface area contributed by atoms with Crippen LogP contribution in [0.25, 0.3) is 0 Å². The second-order valence-corrected chi connectivity index (χ2v) is 5.27. The van der Waals surface area contributed by atoms with Gasteiger partial charge in [0.05, 0.1) is 7.11 Å². The summed E-state index contributed by atoms with van der Waals surface area (Å²) in [7, 11) is 1.56. The van der Waals surface area contributed by atoms with Crippen molar-refractivity contribution < 1.29 is 28.7 Å². The van der Waals surface area contributed by atoms with E-state index in [1.807, 2.05) is 0 Å². The van der Waals surface area contributed by atoms with Gasteiger partial charge in [-0.2, -0.15) is 9.59 Å². The van der Waals surface area contributed by atoms with E-state index in [1.54, 1.807) is 38.3 Å². The van der Waals surface area contributed by atoms with E-state index < -0.39 is 16.7 Å². The molecule has 1 aliphatic heterocycles. The Bertz CT molecular complexity index is 545. The molecule has 1 aromatic carbocycles. The van der Waals surface area contributed by atoms with Crippen molar-refractivity contribution in [3.63, 3.8) is 0 Å². The second-order valence-electron chi connectivity index (χ2n) is 5.27. The molecule has 1 unspecified atom stereocenters. The number of likely N-dealkylation sites (tertiary alicyclic amines) is 1. The monoisotopic (exact) mass is 294 g/mol. The molecular formula is C15H20NO5+. The Morgan fingerprint density at radius 2 is 2.19 bits per heavy atom. The quantitative estimate of drug-likeness (QED) is 0.867. The SMILES string of the molecule is COc1cccc(COC(=O)[N+]2(C(=O)O)CCC[C@H]2C)c1. The van der Waals surface area contributed by atoms with Gasteiger partial charge in [-0.05, 0) is 24.6 Å². The molecule has 0 spiro atoms. The number of ether oxygens (including phenoxy) is 2. The molecule has 1 saturated heterocycles. The van der Waals surface area contributed by atoms with Crippen molar-refractivity contribution in [1.82, 2.24) is 0 Å². The first kappa shape index (κ1) is 15.3. The average molecular weight is 294 g/mol. The fraction of sp³-hybridized carbons (Fsp3) is 0.467. The van der Waals surface area contributed by atoms with E-state index >= 15 is 0 Å². The molecule has 6 nitrogen and oxygen atoms in total. The summed E-state index contributed by atoms with van der Waals surface area (Å²) in [6.45, 7) is 2.09. The summed E-state index contributed by atoms with van der Waals surface area (Å²) < 4.78 is 9.71. The minimum Gasteiger partial charge on any atom is -0.497 e. The van der Waals surface area contributed by atoms with Crippen LogP contribution in [0.15, 0.2) is 24.3 Å². The molecule has 1 heterocycles. The van der Waals surface area contributed by atoms with Gasteiger partial charge >= 0.3 is 12.2 Å². The average Bonchev–Trinajstić information content (AvgIpc) is 2.87. The Hall–Kier alpha value is -2.08. The van der Waals surface area contributed by atoms with E-state index in [9.17, 15) is 14.7 Å². The number of quaternary nitrogens is 1. The highest BCUT2D eigenvalue weighted by atomic mass is 16.6. The van der Waals surface area contributed by atoms with Crippen molar-refractivity contribution in [2.75, 3.05) is 13.7 Å². The summed E-state index contributed by atoms with van der Waals surface area (Å²) >= 11 is 0. The maximum Gasteiger partial charge on any atom is 0.527 e. The zero-order chi connectivity index (χ0) is 15.5. The maximum atomic E-state index is 12.3. The Balaban J connectivity index is 2.08. The topological polar surface area (TPSA) is 72.8 Å². The number of hydrogen-bond donors (Lipinski definition) is 1. The third-order valence-corrected chi connectivity index (χ3v) is 4.05. The lowest BCUT2D eigenvalue weighted by molar-refractivity contribution is -0.795. The van der Waals surface area contributed by atoms with Gasteiger partial charge in [-0.15, -0.1) is 4.48 Å². The van der Waals surface area contributed by atoms with Gasteiger partial charge in [-0.3, -0.25) is 0 Å². The van der Waals surface area contributed by atoms with Crippen LogP contribution in [0.4, 0.5) is 9.59 Å². The van der Waals surface area contributed by atoms with Crippen LogP contribution in [-0.2, 0) is 11.3 Å². The molecule has 2 amide bonds. The molecule has 0 saturated carbocycles. The van der Waals surface area contributed by atoms with Gasteiger partial charge in [0, 0.05) is 12.8 Å². The molecule has 0 aliphatic carbocycles. The predicted molar refractivity (Wildman–Crippen MR) is 75.0 cm³/mol. The highest BCUT2D eigenvalue weighted by Gasteiger charge is 2.54. The largest absolute Gasteiger partial charge is 0.527 e. The molecule has 6 heteroatoms. The third kappa shape index (κ3) is 2.85. The minimum atomic E-state index is -1.14. The highest BCUT2D eigenvalue weighted by molar-refractivity contribution is 5.75. The number of carboxylic acid groups (broad SMARTS) is 1. The van der Waals surface area contributed by atoms with Crippen molar-refractivity contribution in [3.8, 4) is 5.75 Å². The van der Waals surface area contributed by atoms with Crippen LogP contribution < -0.4 is 4.74 Å². The lowest BCUT2D eigenvalue weighted by atomic mass is 10.2. The summed E-state index contributed by atoms with van der Waals surface area (Å²) in [4.78, 5) is 23.8. The molecule has 1 aromatic rings. The molecule has 0 bridgehead atoms. The fourth-order valence-corrected chi connectivity index (χ4v) is 2.73. The number of carbonyl (C=O) groups is 2. The summed E-state index contributed by atoms with van der Waals surface area (Å²) in [5.41, 5.74) is 0.762. The standard InChI is InChI=1S/C15H19NO5/c1-11-5-4-8-16(11,14(17)18)15(19)21-10-12-6-3-7-13(9-12)20-2/h3,6-7,9,11H,4-5,8,10H2,1-2H3/p+1/t11-,16?/m1/s1. The van der Waals surface area contributed by atoms with Crippen LogP contribution in [0.2, 0.25) is 0 Å². The number of hydrogen-bond acceptors (Lipinski definition) is 4. The lowest BCUT2D eigenvalue weighted by Crippen LogP contribution is -2.58. The predicted octanol–water partition coefficient (Wildman–Crippen LogP) is 3.01. The van der Waals surface area contributed by atoms with E-state index in [1.165, 1.54) is 0 Å². The van der Waals surface area contributed by atoms with E-state index in [2.05, 4.69) is 0 Å². The Morgan fingerprint density at radius 1 is 1.43 bits per heavy atom. The van der Waals surface area contributed by atoms with Crippen LogP contribution in [0, 0.1) is 0 Å². The first-order chi connectivity index (χ1) is 10.0. The Morgan fingerprint density at radius 3 is 2.76 bits per heavy atom. The summed E-state index contributed by atoms with van der Waals surface area (Å²) in [6, 6.07) is 6.88. The van der Waals surface area contributed by atoms with Crippen molar-refractivity contribution in [1.29, 1.82) is 0 Å². The molecule has 0 radical (unpaired) electrons. The van der Waals surface area contributed by atoms with Crippen LogP contribution >= 0.6 is 0 Å². The highest BCUT2D eigenvalue weighted by Crippen LogP contribution is 2.29. The minimum absolute atomic E-state index is 0.0377. The lowest BCUT2D eigenvalue weighted by Gasteiger charge is -2.27. The van der Waals surface area contributed by atoms with Gasteiger partial charge in [0.15, 0.2) is 0 Å². The molecule has 114 valence electrons. The van der Waals surface area contributed by atoms with Crippen LogP contribution in [0.3, 0.4) is 0 Å². The molecule has 2 atom stereocenters. The smallest absolute Gasteiger partial charge is 0.497 e. The number of rotatable bonds is 3. The van der Waals surface area contributed by atoms with Crippen molar-refractivity contribution in [3.05, 3.63) is 29.8 Å². The number of benzene rings is 1. The van der Waals surface area contributed by atoms with Gasteiger partial charge in [-0.25, -0.2) is 0 Å². The molecule has 0 aromatic heterocycles. The summed E-state index contributed by atoms with van der Waals surface area (Å²) in [6.07, 6.45) is -0.423. The van der Waals surface area contributed by atoms with E-state index in [4.69, 9.17) is 9.47 Å². The summed E-state index contributed by atoms with van der Waals surface area (Å²) in [5.74, 6) is 0.667. The van der Waals surface area contributed by atoms with Gasteiger partial charge in [0.1, 0.15) is 24.9 Å². The normalized spacial score (nSPS) is 24.6. The number of nitrogens with zero attached hydrogens (tertiary/aromatic N) is 1. The van der Waals surface area contributed by atoms with E-state index in [-0.39, 0.29) is 19.2 Å². The summed E-state index contributed by atoms with van der Waals surface area (Å²) in [5, 5.41) is 9.44. The van der Waals surface area contributed by atoms with Crippen LogP contribution in [0.1, 0.15) is 25.3 Å². The van der Waals surface area contributed by atoms with Gasteiger partial charge in [0.2, 0.25) is 0 Å². The van der Waals surface area contributed by atoms with Crippen LogP contribution in [-0.4, -0.2) is 41.5 Å². The Kier molecular flexibility index (Phi) is 4.47. The van der Waals surface area contributed by atoms with Gasteiger partial charge < -0.3 is 14.6 Å². The second kappa shape index (κ2) is 6.13. The Labute approximate surface area is 123 Å². The zero-order valence-corrected chi connectivity index (χ0v) is 12.2. The van der Waals surface area contributed by atoms with Gasteiger partial charge in [0.25, 0.3) is 0 Å². The zero-order valence-electron chi connectivity index (χ0n) is 12.2. The van der Waals surface area contributed by atoms with Gasteiger partial charge in [-0.1, -0.05) is 12.1 Å². The first-order valence-electron chi connectivity index (χ1n) is 6.92. The van der Waals surface area contributed by atoms with E-state index in [0.29, 0.717) is 18.6 Å². The number of amides is 2. The van der Waals surface area contributed by atoms with Crippen molar-refractivity contribution in [2.45, 2.75) is 32.4 Å². The number of imide groups is 1. The van der Waals surface area contributed by atoms with E-state index in [0.717, 1.165) is 5.56 Å². The fourth-order valence-electron chi connectivity index (χ4n) is 2.73.